The average molecular weight is 214 g/mol. The van der Waals surface area contributed by atoms with Gasteiger partial charge in [-0.15, -0.1) is 0 Å². The summed E-state index contributed by atoms with van der Waals surface area (Å²) >= 11 is 0. The maximum Gasteiger partial charge on any atom is 0.222 e. The summed E-state index contributed by atoms with van der Waals surface area (Å²) in [6, 6.07) is 0. The highest BCUT2D eigenvalue weighted by atomic mass is 16.1. The lowest BCUT2D eigenvalue weighted by molar-refractivity contribution is -0.124. The van der Waals surface area contributed by atoms with Gasteiger partial charge in [-0.1, -0.05) is 26.7 Å². The summed E-state index contributed by atoms with van der Waals surface area (Å²) in [5.74, 6) is 0.194. The highest BCUT2D eigenvalue weighted by molar-refractivity contribution is 5.77. The van der Waals surface area contributed by atoms with E-state index in [1.54, 1.807) is 0 Å². The topological polar surface area (TPSA) is 58.2 Å². The zero-order valence-electron chi connectivity index (χ0n) is 9.71. The third-order valence-corrected chi connectivity index (χ3v) is 2.15. The van der Waals surface area contributed by atoms with Gasteiger partial charge in [0.25, 0.3) is 0 Å². The third-order valence-electron chi connectivity index (χ3n) is 2.15. The second-order valence-electron chi connectivity index (χ2n) is 3.93. The van der Waals surface area contributed by atoms with Crippen LogP contribution in [-0.2, 0) is 9.59 Å². The van der Waals surface area contributed by atoms with Crippen LogP contribution in [0.4, 0.5) is 0 Å². The molecule has 0 aromatic carbocycles. The minimum Gasteiger partial charge on any atom is -0.359 e. The molecule has 0 unspecified atom stereocenters. The van der Waals surface area contributed by atoms with Crippen molar-refractivity contribution in [2.75, 3.05) is 13.1 Å². The molecule has 0 aromatic heterocycles. The summed E-state index contributed by atoms with van der Waals surface area (Å²) < 4.78 is 0. The lowest BCUT2D eigenvalue weighted by Crippen LogP contribution is -2.28. The normalized spacial score (nSPS) is 10.1. The van der Waals surface area contributed by atoms with Crippen LogP contribution >= 0.6 is 0 Å². The molecule has 0 saturated heterocycles. The van der Waals surface area contributed by atoms with Gasteiger partial charge < -0.3 is 10.6 Å². The van der Waals surface area contributed by atoms with Crippen molar-refractivity contribution in [3.63, 3.8) is 0 Å². The Balaban J connectivity index is 3.11. The molecule has 0 aromatic rings. The molecule has 2 amide bonds. The van der Waals surface area contributed by atoms with Gasteiger partial charge >= 0.3 is 0 Å². The fraction of sp³-hybridized carbons (Fsp3) is 0.818. The van der Waals surface area contributed by atoms with E-state index in [0.717, 1.165) is 45.2 Å². The molecule has 0 aliphatic carbocycles. The van der Waals surface area contributed by atoms with E-state index in [1.807, 2.05) is 13.8 Å². The fourth-order valence-electron chi connectivity index (χ4n) is 1.18. The molecular formula is C11H22N2O2. The van der Waals surface area contributed by atoms with Crippen LogP contribution in [0.2, 0.25) is 0 Å². The van der Waals surface area contributed by atoms with Crippen molar-refractivity contribution in [1.82, 2.24) is 10.6 Å². The van der Waals surface area contributed by atoms with Gasteiger partial charge in [-0.25, -0.2) is 0 Å². The van der Waals surface area contributed by atoms with Gasteiger partial charge in [-0.05, 0) is 12.8 Å². The molecule has 0 fully saturated rings. The fourth-order valence-corrected chi connectivity index (χ4v) is 1.18. The second-order valence-corrected chi connectivity index (χ2v) is 3.93. The number of amides is 2. The van der Waals surface area contributed by atoms with E-state index < -0.39 is 0 Å². The number of carbonyl (C=O) groups excluding carboxylic acids is 2. The highest BCUT2D eigenvalue weighted by Crippen LogP contribution is 1.98. The maximum absolute atomic E-state index is 11.2. The van der Waals surface area contributed by atoms with Crippen molar-refractivity contribution >= 4 is 12.3 Å². The first-order valence-electron chi connectivity index (χ1n) is 5.63. The van der Waals surface area contributed by atoms with Crippen LogP contribution in [0.25, 0.3) is 0 Å². The molecule has 4 nitrogen and oxygen atoms in total. The van der Waals surface area contributed by atoms with Gasteiger partial charge in [-0.3, -0.25) is 9.59 Å². The number of hydrogen-bond donors (Lipinski definition) is 2. The Bertz CT molecular complexity index is 181. The van der Waals surface area contributed by atoms with Crippen molar-refractivity contribution in [1.29, 1.82) is 0 Å². The smallest absolute Gasteiger partial charge is 0.222 e. The molecule has 15 heavy (non-hydrogen) atoms. The Labute approximate surface area is 91.8 Å². The van der Waals surface area contributed by atoms with E-state index in [0.29, 0.717) is 0 Å². The molecule has 0 saturated carbocycles. The first-order valence-corrected chi connectivity index (χ1v) is 5.63. The Hall–Kier alpha value is -1.06. The molecule has 0 spiro atoms. The van der Waals surface area contributed by atoms with Crippen molar-refractivity contribution in [3.8, 4) is 0 Å². The number of rotatable bonds is 9. The van der Waals surface area contributed by atoms with E-state index in [-0.39, 0.29) is 11.8 Å². The minimum atomic E-state index is 0.0711. The van der Waals surface area contributed by atoms with Gasteiger partial charge in [0.15, 0.2) is 0 Å². The van der Waals surface area contributed by atoms with Crippen molar-refractivity contribution in [2.24, 2.45) is 5.92 Å². The van der Waals surface area contributed by atoms with Gasteiger partial charge in [0.1, 0.15) is 0 Å². The molecule has 2 N–H and O–H groups in total. The van der Waals surface area contributed by atoms with Crippen molar-refractivity contribution in [3.05, 3.63) is 0 Å². The van der Waals surface area contributed by atoms with Crippen LogP contribution in [0.15, 0.2) is 0 Å². The van der Waals surface area contributed by atoms with E-state index in [9.17, 15) is 9.59 Å². The summed E-state index contributed by atoms with van der Waals surface area (Å²) in [6.07, 6.45) is 4.94. The second kappa shape index (κ2) is 9.49. The first-order chi connectivity index (χ1) is 7.18. The molecule has 4 heteroatoms. The number of carbonyl (C=O) groups is 2. The predicted molar refractivity (Wildman–Crippen MR) is 60.4 cm³/mol. The van der Waals surface area contributed by atoms with Gasteiger partial charge in [-0.2, -0.15) is 0 Å². The quantitative estimate of drug-likeness (QED) is 0.445. The lowest BCUT2D eigenvalue weighted by Gasteiger charge is -2.07. The van der Waals surface area contributed by atoms with Crippen molar-refractivity contribution < 1.29 is 9.59 Å². The summed E-state index contributed by atoms with van der Waals surface area (Å²) in [5, 5.41) is 5.50. The zero-order valence-corrected chi connectivity index (χ0v) is 9.71. The molecule has 0 bridgehead atoms. The van der Waals surface area contributed by atoms with E-state index in [4.69, 9.17) is 0 Å². The summed E-state index contributed by atoms with van der Waals surface area (Å²) in [4.78, 5) is 21.1. The molecule has 0 aliphatic heterocycles. The van der Waals surface area contributed by atoms with Gasteiger partial charge in [0.2, 0.25) is 12.3 Å². The molecule has 0 atom stereocenters. The van der Waals surface area contributed by atoms with Crippen LogP contribution in [0.1, 0.15) is 39.5 Å². The van der Waals surface area contributed by atoms with Crippen LogP contribution in [-0.4, -0.2) is 25.4 Å². The Kier molecular flexibility index (Phi) is 8.82. The molecule has 0 rings (SSSR count). The van der Waals surface area contributed by atoms with Crippen LogP contribution in [0, 0.1) is 5.92 Å². The van der Waals surface area contributed by atoms with Crippen LogP contribution in [0.5, 0.6) is 0 Å². The predicted octanol–water partition coefficient (Wildman–Crippen LogP) is 1.06. The largest absolute Gasteiger partial charge is 0.359 e. The molecule has 0 heterocycles. The minimum absolute atomic E-state index is 0.0711. The third kappa shape index (κ3) is 9.25. The maximum atomic E-state index is 11.2. The summed E-state index contributed by atoms with van der Waals surface area (Å²) in [6.45, 7) is 5.29. The Morgan fingerprint density at radius 3 is 2.27 bits per heavy atom. The van der Waals surface area contributed by atoms with E-state index >= 15 is 0 Å². The number of nitrogens with one attached hydrogen (secondary N) is 2. The van der Waals surface area contributed by atoms with E-state index in [2.05, 4.69) is 10.6 Å². The summed E-state index contributed by atoms with van der Waals surface area (Å²) in [7, 11) is 0. The SMILES string of the molecule is CC(C)C(=O)NCCCCCCNC=O. The van der Waals surface area contributed by atoms with Crippen LogP contribution < -0.4 is 10.6 Å². The zero-order chi connectivity index (χ0) is 11.5. The molecule has 0 aliphatic rings. The lowest BCUT2D eigenvalue weighted by atomic mass is 10.2. The number of hydrogen-bond acceptors (Lipinski definition) is 2. The first kappa shape index (κ1) is 13.9. The van der Waals surface area contributed by atoms with Gasteiger partial charge in [0.05, 0.1) is 0 Å². The Morgan fingerprint density at radius 1 is 1.13 bits per heavy atom. The Morgan fingerprint density at radius 2 is 1.73 bits per heavy atom. The monoisotopic (exact) mass is 214 g/mol. The molecule has 0 radical (unpaired) electrons. The highest BCUT2D eigenvalue weighted by Gasteiger charge is 2.04. The van der Waals surface area contributed by atoms with Crippen LogP contribution in [0.3, 0.4) is 0 Å². The average Bonchev–Trinajstić information content (AvgIpc) is 2.21. The van der Waals surface area contributed by atoms with Gasteiger partial charge in [0, 0.05) is 19.0 Å². The summed E-state index contributed by atoms with van der Waals surface area (Å²) in [5.41, 5.74) is 0. The van der Waals surface area contributed by atoms with E-state index in [1.165, 1.54) is 0 Å². The standard InChI is InChI=1S/C11H22N2O2/c1-10(2)11(15)13-8-6-4-3-5-7-12-9-14/h9-10H,3-8H2,1-2H3,(H,12,14)(H,13,15). The van der Waals surface area contributed by atoms with Crippen molar-refractivity contribution in [2.45, 2.75) is 39.5 Å². The molecular weight excluding hydrogens is 192 g/mol. The number of unbranched alkanes of at least 4 members (excludes halogenated alkanes) is 3. The molecule has 88 valence electrons.